The molecule has 4 saturated heterocycles. The van der Waals surface area contributed by atoms with E-state index in [1.807, 2.05) is 18.2 Å². The number of hydrogen-bond acceptors (Lipinski definition) is 3. The predicted octanol–water partition coefficient (Wildman–Crippen LogP) is 2.01. The highest BCUT2D eigenvalue weighted by Gasteiger charge is 2.55. The van der Waals surface area contributed by atoms with Crippen molar-refractivity contribution in [1.82, 2.24) is 15.1 Å². The van der Waals surface area contributed by atoms with Crippen LogP contribution in [0.4, 0.5) is 13.2 Å². The summed E-state index contributed by atoms with van der Waals surface area (Å²) in [6, 6.07) is 10.0. The lowest BCUT2D eigenvalue weighted by atomic mass is 9.64. The highest BCUT2D eigenvalue weighted by Crippen LogP contribution is 2.43. The largest absolute Gasteiger partial charge is 0.389 e. The van der Waals surface area contributed by atoms with Gasteiger partial charge in [0.25, 0.3) is 0 Å². The average Bonchev–Trinajstić information content (AvgIpc) is 2.85. The molecular formula is C19H24F3N3O. The van der Waals surface area contributed by atoms with Crippen molar-refractivity contribution in [3.8, 4) is 0 Å². The summed E-state index contributed by atoms with van der Waals surface area (Å²) in [5.74, 6) is -0.242. The normalized spacial score (nSPS) is 36.0. The van der Waals surface area contributed by atoms with Gasteiger partial charge in [-0.15, -0.1) is 0 Å². The Bertz CT molecular complexity index is 648. The number of nitrogens with zero attached hydrogens (tertiary/aromatic N) is 2. The van der Waals surface area contributed by atoms with E-state index in [4.69, 9.17) is 0 Å². The van der Waals surface area contributed by atoms with E-state index in [9.17, 15) is 18.0 Å². The number of rotatable bonds is 4. The summed E-state index contributed by atoms with van der Waals surface area (Å²) in [5.41, 5.74) is 0.912. The van der Waals surface area contributed by atoms with Crippen LogP contribution < -0.4 is 5.32 Å². The van der Waals surface area contributed by atoms with Crippen LogP contribution in [-0.2, 0) is 10.2 Å². The number of hydrogen-bond donors (Lipinski definition) is 1. The minimum absolute atomic E-state index is 0.115. The third-order valence-corrected chi connectivity index (χ3v) is 6.10. The third kappa shape index (κ3) is 3.34. The van der Waals surface area contributed by atoms with Gasteiger partial charge in [-0.25, -0.2) is 0 Å². The molecule has 0 saturated carbocycles. The molecule has 2 unspecified atom stereocenters. The molecule has 4 aliphatic heterocycles. The molecule has 4 aliphatic rings. The second-order valence-corrected chi connectivity index (χ2v) is 7.91. The standard InChI is InChI=1S/C19H24F3N3O/c20-19(21,22)7-6-16(26)23-17-14-10-24-8-9-25(11-14)13-18(17,12-24)15-4-2-1-3-5-15/h1-5,14,17H,6-13H2,(H,23,26)/t14?,17-,18?/m0/s1. The van der Waals surface area contributed by atoms with Crippen molar-refractivity contribution < 1.29 is 18.0 Å². The molecule has 0 aliphatic carbocycles. The summed E-state index contributed by atoms with van der Waals surface area (Å²) in [6.07, 6.45) is -5.86. The quantitative estimate of drug-likeness (QED) is 0.884. The molecule has 26 heavy (non-hydrogen) atoms. The Morgan fingerprint density at radius 3 is 2.31 bits per heavy atom. The molecule has 1 aromatic rings. The maximum atomic E-state index is 12.5. The van der Waals surface area contributed by atoms with Crippen LogP contribution in [0.3, 0.4) is 0 Å². The van der Waals surface area contributed by atoms with E-state index in [1.54, 1.807) is 0 Å². The van der Waals surface area contributed by atoms with Gasteiger partial charge in [0.15, 0.2) is 0 Å². The molecule has 1 aromatic carbocycles. The SMILES string of the molecule is O=C(CCC(F)(F)F)N[C@H]1C2CN3CCN(C2)CC1(c1ccccc1)C3. The van der Waals surface area contributed by atoms with Gasteiger partial charge in [0.05, 0.1) is 6.42 Å². The highest BCUT2D eigenvalue weighted by atomic mass is 19.4. The zero-order valence-corrected chi connectivity index (χ0v) is 14.6. The zero-order valence-electron chi connectivity index (χ0n) is 14.6. The van der Waals surface area contributed by atoms with Gasteiger partial charge in [-0.05, 0) is 5.56 Å². The van der Waals surface area contributed by atoms with Gasteiger partial charge in [0, 0.05) is 63.1 Å². The van der Waals surface area contributed by atoms with Crippen LogP contribution in [0, 0.1) is 5.92 Å². The van der Waals surface area contributed by atoms with Crippen LogP contribution in [0.15, 0.2) is 30.3 Å². The Balaban J connectivity index is 1.61. The molecule has 1 amide bonds. The van der Waals surface area contributed by atoms with Crippen molar-refractivity contribution in [3.05, 3.63) is 35.9 Å². The summed E-state index contributed by atoms with van der Waals surface area (Å²) in [7, 11) is 0. The van der Waals surface area contributed by atoms with E-state index in [0.717, 1.165) is 39.3 Å². The van der Waals surface area contributed by atoms with E-state index in [2.05, 4.69) is 27.2 Å². The van der Waals surface area contributed by atoms with Gasteiger partial charge in [0.1, 0.15) is 0 Å². The highest BCUT2D eigenvalue weighted by molar-refractivity contribution is 5.76. The molecule has 4 bridgehead atoms. The summed E-state index contributed by atoms with van der Waals surface area (Å²) in [5, 5.41) is 3.01. The van der Waals surface area contributed by atoms with Crippen LogP contribution >= 0.6 is 0 Å². The van der Waals surface area contributed by atoms with Gasteiger partial charge in [-0.1, -0.05) is 30.3 Å². The lowest BCUT2D eigenvalue weighted by Crippen LogP contribution is -2.70. The number of fused-ring (bicyclic) bond motifs is 1. The molecule has 0 spiro atoms. The number of carbonyl (C=O) groups excluding carboxylic acids is 1. The van der Waals surface area contributed by atoms with Crippen molar-refractivity contribution in [3.63, 3.8) is 0 Å². The molecular weight excluding hydrogens is 343 g/mol. The Labute approximate surface area is 151 Å². The minimum Gasteiger partial charge on any atom is -0.352 e. The van der Waals surface area contributed by atoms with Gasteiger partial charge in [-0.2, -0.15) is 13.2 Å². The first-order chi connectivity index (χ1) is 12.4. The monoisotopic (exact) mass is 367 g/mol. The van der Waals surface area contributed by atoms with Crippen molar-refractivity contribution in [1.29, 1.82) is 0 Å². The third-order valence-electron chi connectivity index (χ3n) is 6.10. The van der Waals surface area contributed by atoms with Crippen LogP contribution in [0.1, 0.15) is 18.4 Å². The van der Waals surface area contributed by atoms with E-state index in [1.165, 1.54) is 5.56 Å². The molecule has 4 fully saturated rings. The summed E-state index contributed by atoms with van der Waals surface area (Å²) >= 11 is 0. The van der Waals surface area contributed by atoms with Crippen LogP contribution in [0.25, 0.3) is 0 Å². The van der Waals surface area contributed by atoms with Crippen LogP contribution in [-0.4, -0.2) is 67.2 Å². The van der Waals surface area contributed by atoms with Crippen molar-refractivity contribution in [2.45, 2.75) is 30.5 Å². The number of carbonyl (C=O) groups is 1. The molecule has 1 N–H and O–H groups in total. The molecule has 7 heteroatoms. The topological polar surface area (TPSA) is 35.6 Å². The Hall–Kier alpha value is -1.60. The van der Waals surface area contributed by atoms with Crippen LogP contribution in [0.2, 0.25) is 0 Å². The number of amides is 1. The first kappa shape index (κ1) is 17.8. The smallest absolute Gasteiger partial charge is 0.352 e. The summed E-state index contributed by atoms with van der Waals surface area (Å²) < 4.78 is 37.4. The predicted molar refractivity (Wildman–Crippen MR) is 91.7 cm³/mol. The van der Waals surface area contributed by atoms with Crippen LogP contribution in [0.5, 0.6) is 0 Å². The van der Waals surface area contributed by atoms with Crippen molar-refractivity contribution in [2.75, 3.05) is 39.3 Å². The minimum atomic E-state index is -4.30. The molecule has 3 atom stereocenters. The number of nitrogens with one attached hydrogen (secondary N) is 1. The van der Waals surface area contributed by atoms with Crippen molar-refractivity contribution >= 4 is 5.91 Å². The second kappa shape index (κ2) is 6.53. The van der Waals surface area contributed by atoms with Crippen molar-refractivity contribution in [2.24, 2.45) is 5.92 Å². The number of alkyl halides is 3. The fraction of sp³-hybridized carbons (Fsp3) is 0.632. The summed E-state index contributed by atoms with van der Waals surface area (Å²) in [6.45, 7) is 5.51. The molecule has 5 rings (SSSR count). The fourth-order valence-corrected chi connectivity index (χ4v) is 5.07. The van der Waals surface area contributed by atoms with E-state index in [0.29, 0.717) is 0 Å². The Morgan fingerprint density at radius 2 is 1.73 bits per heavy atom. The van der Waals surface area contributed by atoms with Gasteiger partial charge in [0.2, 0.25) is 5.91 Å². The lowest BCUT2D eigenvalue weighted by Gasteiger charge is -2.55. The molecule has 0 aromatic heterocycles. The number of halogens is 3. The Kier molecular flexibility index (Phi) is 4.47. The van der Waals surface area contributed by atoms with E-state index < -0.39 is 24.9 Å². The first-order valence-electron chi connectivity index (χ1n) is 9.22. The molecule has 0 radical (unpaired) electrons. The molecule has 4 heterocycles. The lowest BCUT2D eigenvalue weighted by molar-refractivity contribution is -0.145. The Morgan fingerprint density at radius 1 is 1.12 bits per heavy atom. The number of piperidine rings is 2. The molecule has 142 valence electrons. The first-order valence-corrected chi connectivity index (χ1v) is 9.22. The summed E-state index contributed by atoms with van der Waals surface area (Å²) in [4.78, 5) is 17.2. The van der Waals surface area contributed by atoms with E-state index >= 15 is 0 Å². The molecule has 4 nitrogen and oxygen atoms in total. The van der Waals surface area contributed by atoms with Gasteiger partial charge in [-0.3, -0.25) is 4.79 Å². The maximum Gasteiger partial charge on any atom is 0.389 e. The maximum absolute atomic E-state index is 12.5. The average molecular weight is 367 g/mol. The van der Waals surface area contributed by atoms with Gasteiger partial charge < -0.3 is 15.1 Å². The fourth-order valence-electron chi connectivity index (χ4n) is 5.07. The zero-order chi connectivity index (χ0) is 18.4. The number of benzene rings is 1. The van der Waals surface area contributed by atoms with E-state index in [-0.39, 0.29) is 17.4 Å². The second-order valence-electron chi connectivity index (χ2n) is 7.91. The van der Waals surface area contributed by atoms with Gasteiger partial charge >= 0.3 is 6.18 Å².